The SMILES string of the molecule is NC(CC(=O)Nc1ccc(CC(=O)O)cc1)C1CC1. The van der Waals surface area contributed by atoms with Crippen molar-refractivity contribution in [1.82, 2.24) is 0 Å². The molecule has 1 aromatic rings. The van der Waals surface area contributed by atoms with Gasteiger partial charge in [0.25, 0.3) is 0 Å². The fourth-order valence-corrected chi connectivity index (χ4v) is 2.00. The molecule has 5 nitrogen and oxygen atoms in total. The first-order chi connectivity index (χ1) is 9.04. The Morgan fingerprint density at radius 3 is 2.47 bits per heavy atom. The summed E-state index contributed by atoms with van der Waals surface area (Å²) in [5, 5.41) is 11.4. The summed E-state index contributed by atoms with van der Waals surface area (Å²) in [4.78, 5) is 22.3. The number of carbonyl (C=O) groups is 2. The fraction of sp³-hybridized carbons (Fsp3) is 0.429. The number of nitrogens with one attached hydrogen (secondary N) is 1. The molecule has 1 saturated carbocycles. The van der Waals surface area contributed by atoms with Gasteiger partial charge in [-0.2, -0.15) is 0 Å². The van der Waals surface area contributed by atoms with Crippen LogP contribution < -0.4 is 11.1 Å². The molecule has 5 heteroatoms. The average molecular weight is 262 g/mol. The largest absolute Gasteiger partial charge is 0.481 e. The second kappa shape index (κ2) is 5.84. The molecule has 1 atom stereocenters. The fourth-order valence-electron chi connectivity index (χ4n) is 2.00. The maximum absolute atomic E-state index is 11.7. The third-order valence-electron chi connectivity index (χ3n) is 3.24. The molecular formula is C14H18N2O3. The highest BCUT2D eigenvalue weighted by molar-refractivity contribution is 5.91. The van der Waals surface area contributed by atoms with Gasteiger partial charge in [0.15, 0.2) is 0 Å². The van der Waals surface area contributed by atoms with E-state index in [4.69, 9.17) is 10.8 Å². The van der Waals surface area contributed by atoms with Crippen molar-refractivity contribution >= 4 is 17.6 Å². The summed E-state index contributed by atoms with van der Waals surface area (Å²) in [7, 11) is 0. The molecule has 19 heavy (non-hydrogen) atoms. The van der Waals surface area contributed by atoms with Crippen molar-refractivity contribution in [3.63, 3.8) is 0 Å². The Morgan fingerprint density at radius 1 is 1.32 bits per heavy atom. The molecule has 1 fully saturated rings. The molecule has 1 aliphatic carbocycles. The standard InChI is InChI=1S/C14H18N2O3/c15-12(10-3-4-10)8-13(17)16-11-5-1-9(2-6-11)7-14(18)19/h1-2,5-6,10,12H,3-4,7-8,15H2,(H,16,17)(H,18,19). The highest BCUT2D eigenvalue weighted by Crippen LogP contribution is 2.32. The number of carboxylic acid groups (broad SMARTS) is 1. The van der Waals surface area contributed by atoms with Crippen LogP contribution in [-0.2, 0) is 16.0 Å². The summed E-state index contributed by atoms with van der Waals surface area (Å²) in [6.45, 7) is 0. The number of aliphatic carboxylic acids is 1. The second-order valence-electron chi connectivity index (χ2n) is 5.02. The lowest BCUT2D eigenvalue weighted by Gasteiger charge is -2.10. The first kappa shape index (κ1) is 13.5. The van der Waals surface area contributed by atoms with Crippen LogP contribution in [0, 0.1) is 5.92 Å². The monoisotopic (exact) mass is 262 g/mol. The molecule has 0 radical (unpaired) electrons. The number of amides is 1. The molecule has 1 unspecified atom stereocenters. The van der Waals surface area contributed by atoms with E-state index in [-0.39, 0.29) is 18.4 Å². The predicted octanol–water partition coefficient (Wildman–Crippen LogP) is 1.38. The highest BCUT2D eigenvalue weighted by Gasteiger charge is 2.29. The Balaban J connectivity index is 1.84. The summed E-state index contributed by atoms with van der Waals surface area (Å²) >= 11 is 0. The van der Waals surface area contributed by atoms with Crippen LogP contribution in [0.2, 0.25) is 0 Å². The van der Waals surface area contributed by atoms with E-state index in [0.717, 1.165) is 12.8 Å². The molecule has 2 rings (SSSR count). The average Bonchev–Trinajstić information content (AvgIpc) is 3.14. The molecule has 0 aromatic heterocycles. The van der Waals surface area contributed by atoms with Crippen LogP contribution in [0.25, 0.3) is 0 Å². The van der Waals surface area contributed by atoms with Crippen molar-refractivity contribution in [1.29, 1.82) is 0 Å². The minimum Gasteiger partial charge on any atom is -0.481 e. The number of carbonyl (C=O) groups excluding carboxylic acids is 1. The van der Waals surface area contributed by atoms with E-state index in [0.29, 0.717) is 23.6 Å². The van der Waals surface area contributed by atoms with Crippen LogP contribution in [0.5, 0.6) is 0 Å². The number of carboxylic acids is 1. The van der Waals surface area contributed by atoms with Gasteiger partial charge in [-0.05, 0) is 36.5 Å². The van der Waals surface area contributed by atoms with Crippen molar-refractivity contribution in [3.8, 4) is 0 Å². The van der Waals surface area contributed by atoms with Crippen molar-refractivity contribution in [2.24, 2.45) is 11.7 Å². The lowest BCUT2D eigenvalue weighted by Crippen LogP contribution is -2.28. The van der Waals surface area contributed by atoms with E-state index >= 15 is 0 Å². The minimum atomic E-state index is -0.868. The maximum Gasteiger partial charge on any atom is 0.307 e. The predicted molar refractivity (Wildman–Crippen MR) is 71.7 cm³/mol. The normalized spacial score (nSPS) is 15.8. The molecular weight excluding hydrogens is 244 g/mol. The topological polar surface area (TPSA) is 92.4 Å². The van der Waals surface area contributed by atoms with Gasteiger partial charge >= 0.3 is 5.97 Å². The van der Waals surface area contributed by atoms with Gasteiger partial charge in [0.1, 0.15) is 0 Å². The Hall–Kier alpha value is -1.88. The van der Waals surface area contributed by atoms with Gasteiger partial charge in [-0.25, -0.2) is 0 Å². The van der Waals surface area contributed by atoms with Gasteiger partial charge < -0.3 is 16.2 Å². The van der Waals surface area contributed by atoms with Crippen LogP contribution >= 0.6 is 0 Å². The number of nitrogens with two attached hydrogens (primary N) is 1. The molecule has 0 spiro atoms. The molecule has 102 valence electrons. The zero-order valence-electron chi connectivity index (χ0n) is 10.6. The lowest BCUT2D eigenvalue weighted by atomic mass is 10.1. The van der Waals surface area contributed by atoms with Crippen LogP contribution in [-0.4, -0.2) is 23.0 Å². The summed E-state index contributed by atoms with van der Waals surface area (Å²) in [6, 6.07) is 6.76. The number of hydrogen-bond donors (Lipinski definition) is 3. The van der Waals surface area contributed by atoms with E-state index < -0.39 is 5.97 Å². The molecule has 0 bridgehead atoms. The van der Waals surface area contributed by atoms with Crippen molar-refractivity contribution in [3.05, 3.63) is 29.8 Å². The number of rotatable bonds is 6. The van der Waals surface area contributed by atoms with E-state index in [1.54, 1.807) is 24.3 Å². The zero-order chi connectivity index (χ0) is 13.8. The van der Waals surface area contributed by atoms with Gasteiger partial charge in [0.05, 0.1) is 6.42 Å². The summed E-state index contributed by atoms with van der Waals surface area (Å²) in [5.41, 5.74) is 7.26. The molecule has 0 aliphatic heterocycles. The van der Waals surface area contributed by atoms with Gasteiger partial charge in [0, 0.05) is 18.2 Å². The molecule has 1 aliphatic rings. The van der Waals surface area contributed by atoms with Crippen LogP contribution in [0.1, 0.15) is 24.8 Å². The quantitative estimate of drug-likeness (QED) is 0.722. The smallest absolute Gasteiger partial charge is 0.307 e. The van der Waals surface area contributed by atoms with Crippen molar-refractivity contribution in [2.45, 2.75) is 31.7 Å². The maximum atomic E-state index is 11.7. The van der Waals surface area contributed by atoms with Gasteiger partial charge in [-0.15, -0.1) is 0 Å². The van der Waals surface area contributed by atoms with Crippen LogP contribution in [0.3, 0.4) is 0 Å². The number of benzene rings is 1. The molecule has 1 aromatic carbocycles. The Kier molecular flexibility index (Phi) is 4.16. The number of anilines is 1. The number of hydrogen-bond acceptors (Lipinski definition) is 3. The Morgan fingerprint density at radius 2 is 1.95 bits per heavy atom. The third kappa shape index (κ3) is 4.37. The molecule has 1 amide bonds. The van der Waals surface area contributed by atoms with Crippen LogP contribution in [0.15, 0.2) is 24.3 Å². The first-order valence-electron chi connectivity index (χ1n) is 6.41. The van der Waals surface area contributed by atoms with Crippen molar-refractivity contribution in [2.75, 3.05) is 5.32 Å². The van der Waals surface area contributed by atoms with E-state index in [2.05, 4.69) is 5.32 Å². The Bertz CT molecular complexity index is 466. The van der Waals surface area contributed by atoms with Gasteiger partial charge in [0.2, 0.25) is 5.91 Å². The summed E-state index contributed by atoms with van der Waals surface area (Å²) in [6.07, 6.45) is 2.57. The molecule has 0 saturated heterocycles. The molecule has 4 N–H and O–H groups in total. The van der Waals surface area contributed by atoms with E-state index in [1.165, 1.54) is 0 Å². The van der Waals surface area contributed by atoms with E-state index in [1.807, 2.05) is 0 Å². The summed E-state index contributed by atoms with van der Waals surface area (Å²) in [5.74, 6) is -0.457. The lowest BCUT2D eigenvalue weighted by molar-refractivity contribution is -0.136. The van der Waals surface area contributed by atoms with Gasteiger partial charge in [-0.3, -0.25) is 9.59 Å². The second-order valence-corrected chi connectivity index (χ2v) is 5.02. The highest BCUT2D eigenvalue weighted by atomic mass is 16.4. The minimum absolute atomic E-state index is 0.0131. The third-order valence-corrected chi connectivity index (χ3v) is 3.24. The summed E-state index contributed by atoms with van der Waals surface area (Å²) < 4.78 is 0. The van der Waals surface area contributed by atoms with Crippen molar-refractivity contribution < 1.29 is 14.7 Å². The zero-order valence-corrected chi connectivity index (χ0v) is 10.6. The Labute approximate surface area is 111 Å². The van der Waals surface area contributed by atoms with Crippen LogP contribution in [0.4, 0.5) is 5.69 Å². The molecule has 0 heterocycles. The van der Waals surface area contributed by atoms with Gasteiger partial charge in [-0.1, -0.05) is 12.1 Å². The van der Waals surface area contributed by atoms with E-state index in [9.17, 15) is 9.59 Å². The first-order valence-corrected chi connectivity index (χ1v) is 6.41.